The van der Waals surface area contributed by atoms with E-state index in [0.717, 1.165) is 22.6 Å². The van der Waals surface area contributed by atoms with Crippen LogP contribution in [0.2, 0.25) is 0 Å². The van der Waals surface area contributed by atoms with Gasteiger partial charge in [0.05, 0.1) is 36.3 Å². The predicted molar refractivity (Wildman–Crippen MR) is 87.3 cm³/mol. The normalized spacial score (nSPS) is 12.9. The molecule has 110 valence electrons. The highest BCUT2D eigenvalue weighted by Gasteiger charge is 2.18. The van der Waals surface area contributed by atoms with Crippen LogP contribution in [0.1, 0.15) is 36.4 Å². The molecule has 0 unspecified atom stereocenters. The van der Waals surface area contributed by atoms with Crippen molar-refractivity contribution < 1.29 is 0 Å². The van der Waals surface area contributed by atoms with Gasteiger partial charge in [-0.2, -0.15) is 0 Å². The summed E-state index contributed by atoms with van der Waals surface area (Å²) in [5.41, 5.74) is 10.7. The van der Waals surface area contributed by atoms with Crippen LogP contribution < -0.4 is 5.73 Å². The summed E-state index contributed by atoms with van der Waals surface area (Å²) in [4.78, 5) is 13.1. The number of fused-ring (bicyclic) bond motifs is 3. The summed E-state index contributed by atoms with van der Waals surface area (Å²) in [6, 6.07) is 6.22. The van der Waals surface area contributed by atoms with Crippen molar-refractivity contribution in [2.24, 2.45) is 15.7 Å². The van der Waals surface area contributed by atoms with Crippen molar-refractivity contribution in [1.29, 1.82) is 0 Å². The minimum Gasteiger partial charge on any atom is -0.390 e. The number of nitrogens with two attached hydrogens (primary N) is 1. The number of aliphatic imine (C=N–C) groups is 2. The third kappa shape index (κ3) is 2.72. The fourth-order valence-electron chi connectivity index (χ4n) is 2.32. The van der Waals surface area contributed by atoms with Gasteiger partial charge in [0, 0.05) is 5.56 Å². The fourth-order valence-corrected chi connectivity index (χ4v) is 2.32. The van der Waals surface area contributed by atoms with E-state index >= 15 is 0 Å². The molecule has 0 radical (unpaired) electrons. The van der Waals surface area contributed by atoms with Gasteiger partial charge in [-0.3, -0.25) is 4.99 Å². The number of rotatable bonds is 0. The van der Waals surface area contributed by atoms with Crippen molar-refractivity contribution in [2.75, 3.05) is 0 Å². The second kappa shape index (κ2) is 6.35. The van der Waals surface area contributed by atoms with Crippen molar-refractivity contribution in [2.45, 2.75) is 34.2 Å². The maximum atomic E-state index is 5.42. The molecule has 21 heavy (non-hydrogen) atoms. The summed E-state index contributed by atoms with van der Waals surface area (Å²) >= 11 is 0. The van der Waals surface area contributed by atoms with Crippen LogP contribution in [0.15, 0.2) is 34.5 Å². The van der Waals surface area contributed by atoms with Crippen molar-refractivity contribution in [3.05, 3.63) is 47.0 Å². The Bertz CT molecular complexity index is 695. The van der Waals surface area contributed by atoms with E-state index in [1.807, 2.05) is 27.1 Å². The average Bonchev–Trinajstić information content (AvgIpc) is 2.79. The maximum Gasteiger partial charge on any atom is 0.158 e. The van der Waals surface area contributed by atoms with E-state index in [9.17, 15) is 0 Å². The highest BCUT2D eigenvalue weighted by molar-refractivity contribution is 6.05. The number of aromatic nitrogens is 2. The quantitative estimate of drug-likeness (QED) is 0.596. The summed E-state index contributed by atoms with van der Waals surface area (Å²) in [6.45, 7) is 8.60. The second-order valence-electron chi connectivity index (χ2n) is 4.59. The standard InChI is InChI=1S/C14H15N5.C2H6/c1-9-3-4-12-11(5-9)14(17-7-15)16-6-13-10(2)18-8-19(12)13;1-2/h3-5,7-8H,6H2,1-2H3,(H2,15,16,17);1-2H3. The summed E-state index contributed by atoms with van der Waals surface area (Å²) in [7, 11) is 0. The molecule has 0 atom stereocenters. The molecule has 1 aromatic carbocycles. The Labute approximate surface area is 125 Å². The Morgan fingerprint density at radius 1 is 1.29 bits per heavy atom. The van der Waals surface area contributed by atoms with E-state index < -0.39 is 0 Å². The van der Waals surface area contributed by atoms with Gasteiger partial charge >= 0.3 is 0 Å². The molecule has 5 nitrogen and oxygen atoms in total. The maximum absolute atomic E-state index is 5.42. The smallest absolute Gasteiger partial charge is 0.158 e. The van der Waals surface area contributed by atoms with Crippen LogP contribution >= 0.6 is 0 Å². The lowest BCUT2D eigenvalue weighted by atomic mass is 10.1. The third-order valence-corrected chi connectivity index (χ3v) is 3.30. The molecule has 0 spiro atoms. The molecule has 1 aliphatic rings. The minimum absolute atomic E-state index is 0.562. The Balaban J connectivity index is 0.000000774. The fraction of sp³-hybridized carbons (Fsp3) is 0.312. The summed E-state index contributed by atoms with van der Waals surface area (Å²) < 4.78 is 2.08. The number of nitrogens with zero attached hydrogens (tertiary/aromatic N) is 4. The van der Waals surface area contributed by atoms with Gasteiger partial charge in [0.1, 0.15) is 0 Å². The molecule has 3 rings (SSSR count). The lowest BCUT2D eigenvalue weighted by Crippen LogP contribution is -2.05. The topological polar surface area (TPSA) is 68.6 Å². The molecule has 0 amide bonds. The molecule has 0 saturated carbocycles. The van der Waals surface area contributed by atoms with Crippen LogP contribution in [0, 0.1) is 13.8 Å². The first-order valence-electron chi connectivity index (χ1n) is 7.13. The van der Waals surface area contributed by atoms with Crippen molar-refractivity contribution >= 4 is 12.2 Å². The van der Waals surface area contributed by atoms with Gasteiger partial charge in [-0.05, 0) is 26.0 Å². The number of hydrogen-bond donors (Lipinski definition) is 1. The van der Waals surface area contributed by atoms with Crippen LogP contribution in [0.5, 0.6) is 0 Å². The van der Waals surface area contributed by atoms with Crippen molar-refractivity contribution in [1.82, 2.24) is 9.55 Å². The Hall–Kier alpha value is -2.43. The zero-order valence-corrected chi connectivity index (χ0v) is 13.0. The molecule has 1 aliphatic heterocycles. The first-order valence-corrected chi connectivity index (χ1v) is 7.13. The van der Waals surface area contributed by atoms with E-state index in [1.165, 1.54) is 11.9 Å². The molecule has 0 aliphatic carbocycles. The summed E-state index contributed by atoms with van der Waals surface area (Å²) in [5, 5.41) is 0. The largest absolute Gasteiger partial charge is 0.390 e. The average molecular weight is 283 g/mol. The van der Waals surface area contributed by atoms with Crippen LogP contribution in [0.3, 0.4) is 0 Å². The first-order chi connectivity index (χ1) is 10.2. The van der Waals surface area contributed by atoms with E-state index in [0.29, 0.717) is 12.4 Å². The van der Waals surface area contributed by atoms with E-state index in [2.05, 4.69) is 44.7 Å². The number of benzene rings is 1. The molecule has 2 heterocycles. The Morgan fingerprint density at radius 2 is 2.05 bits per heavy atom. The molecule has 0 bridgehead atoms. The van der Waals surface area contributed by atoms with Crippen molar-refractivity contribution in [3.8, 4) is 5.69 Å². The van der Waals surface area contributed by atoms with Gasteiger partial charge < -0.3 is 10.3 Å². The monoisotopic (exact) mass is 283 g/mol. The highest BCUT2D eigenvalue weighted by atomic mass is 15.1. The summed E-state index contributed by atoms with van der Waals surface area (Å²) in [6.07, 6.45) is 3.13. The molecule has 5 heteroatoms. The SMILES string of the molecule is CC.Cc1ccc2c(c1)C(N=CN)=NCc1c(C)ncn1-2. The number of aryl methyl sites for hydroxylation is 2. The minimum atomic E-state index is 0.562. The molecule has 2 N–H and O–H groups in total. The number of imidazole rings is 1. The van der Waals surface area contributed by atoms with Gasteiger partial charge in [0.2, 0.25) is 0 Å². The van der Waals surface area contributed by atoms with Gasteiger partial charge in [-0.25, -0.2) is 9.98 Å². The van der Waals surface area contributed by atoms with E-state index in [1.54, 1.807) is 0 Å². The van der Waals surface area contributed by atoms with Gasteiger partial charge in [-0.15, -0.1) is 0 Å². The molecule has 2 aromatic rings. The molecular formula is C16H21N5. The summed E-state index contributed by atoms with van der Waals surface area (Å²) in [5.74, 6) is 0.671. The number of amidine groups is 1. The van der Waals surface area contributed by atoms with Gasteiger partial charge in [0.25, 0.3) is 0 Å². The van der Waals surface area contributed by atoms with Crippen LogP contribution in [0.25, 0.3) is 5.69 Å². The third-order valence-electron chi connectivity index (χ3n) is 3.30. The van der Waals surface area contributed by atoms with Crippen LogP contribution in [-0.2, 0) is 6.54 Å². The first kappa shape index (κ1) is 15.0. The Morgan fingerprint density at radius 3 is 2.76 bits per heavy atom. The second-order valence-corrected chi connectivity index (χ2v) is 4.59. The molecule has 0 fully saturated rings. The molecule has 1 aromatic heterocycles. The molecular weight excluding hydrogens is 262 g/mol. The van der Waals surface area contributed by atoms with Crippen LogP contribution in [-0.4, -0.2) is 21.7 Å². The van der Waals surface area contributed by atoms with Gasteiger partial charge in [0.15, 0.2) is 5.84 Å². The predicted octanol–water partition coefficient (Wildman–Crippen LogP) is 2.76. The lowest BCUT2D eigenvalue weighted by Gasteiger charge is -2.10. The Kier molecular flexibility index (Phi) is 4.52. The van der Waals surface area contributed by atoms with E-state index in [-0.39, 0.29) is 0 Å². The van der Waals surface area contributed by atoms with Crippen LogP contribution in [0.4, 0.5) is 0 Å². The van der Waals surface area contributed by atoms with Crippen molar-refractivity contribution in [3.63, 3.8) is 0 Å². The zero-order chi connectivity index (χ0) is 15.4. The molecule has 0 saturated heterocycles. The van der Waals surface area contributed by atoms with E-state index in [4.69, 9.17) is 5.73 Å². The zero-order valence-electron chi connectivity index (χ0n) is 13.0. The number of hydrogen-bond acceptors (Lipinski definition) is 3. The van der Waals surface area contributed by atoms with Gasteiger partial charge in [-0.1, -0.05) is 25.5 Å². The highest BCUT2D eigenvalue weighted by Crippen LogP contribution is 2.25. The lowest BCUT2D eigenvalue weighted by molar-refractivity contribution is 0.913.